The number of amides is 1. The van der Waals surface area contributed by atoms with Gasteiger partial charge in [0, 0.05) is 19.3 Å². The molecule has 0 aromatic rings. The first-order valence-electron chi connectivity index (χ1n) is 6.77. The van der Waals surface area contributed by atoms with Crippen molar-refractivity contribution in [2.75, 3.05) is 33.2 Å². The summed E-state index contributed by atoms with van der Waals surface area (Å²) in [4.78, 5) is 20.0. The van der Waals surface area contributed by atoms with E-state index in [1.165, 1.54) is 6.21 Å². The number of likely N-dealkylation sites (tertiary alicyclic amines) is 2. The van der Waals surface area contributed by atoms with E-state index in [9.17, 15) is 4.79 Å². The second kappa shape index (κ2) is 4.45. The van der Waals surface area contributed by atoms with E-state index in [1.54, 1.807) is 4.90 Å². The summed E-state index contributed by atoms with van der Waals surface area (Å²) >= 11 is 0. The van der Waals surface area contributed by atoms with Crippen LogP contribution in [0.15, 0.2) is 0 Å². The Labute approximate surface area is 120 Å². The highest BCUT2D eigenvalue weighted by molar-refractivity contribution is 5.75. The predicted octanol–water partition coefficient (Wildman–Crippen LogP) is 1.52. The molecule has 0 aromatic heterocycles. The smallest absolute Gasteiger partial charge is 0.410 e. The molecule has 0 bridgehead atoms. The monoisotopic (exact) mass is 279 g/mol. The number of nitrogens with zero attached hydrogens (tertiary/aromatic N) is 3. The number of hydrogen-bond acceptors (Lipinski definition) is 4. The maximum absolute atomic E-state index is 12.2. The molecule has 0 aliphatic carbocycles. The fourth-order valence-corrected chi connectivity index (χ4v) is 3.30. The lowest BCUT2D eigenvalue weighted by atomic mass is 9.76. The van der Waals surface area contributed by atoms with E-state index < -0.39 is 16.6 Å². The van der Waals surface area contributed by atoms with Crippen LogP contribution < -0.4 is 0 Å². The molecule has 0 radical (unpaired) electrons. The van der Waals surface area contributed by atoms with Gasteiger partial charge in [0.2, 0.25) is 0 Å². The van der Waals surface area contributed by atoms with Crippen molar-refractivity contribution in [3.8, 4) is 6.57 Å². The van der Waals surface area contributed by atoms with Crippen LogP contribution in [0.3, 0.4) is 0 Å². The summed E-state index contributed by atoms with van der Waals surface area (Å²) in [5.74, 6) is 0. The quantitative estimate of drug-likeness (QED) is 0.740. The van der Waals surface area contributed by atoms with Crippen LogP contribution in [0, 0.1) is 17.4 Å². The normalized spacial score (nSPS) is 33.6. The van der Waals surface area contributed by atoms with Crippen molar-refractivity contribution < 1.29 is 9.53 Å². The van der Waals surface area contributed by atoms with Gasteiger partial charge in [-0.15, -0.1) is 0 Å². The summed E-state index contributed by atoms with van der Waals surface area (Å²) in [5, 5.41) is 7.80. The van der Waals surface area contributed by atoms with E-state index in [0.29, 0.717) is 26.2 Å². The molecule has 1 amide bonds. The molecule has 0 unspecified atom stereocenters. The zero-order valence-electron chi connectivity index (χ0n) is 12.6. The van der Waals surface area contributed by atoms with E-state index in [-0.39, 0.29) is 6.09 Å². The highest BCUT2D eigenvalue weighted by Gasteiger charge is 2.71. The molecule has 2 rings (SSSR count). The lowest BCUT2D eigenvalue weighted by Crippen LogP contribution is -2.44. The number of carbonyl (C=O) groups excluding carboxylic acids is 1. The average Bonchev–Trinajstić information content (AvgIpc) is 2.75. The minimum absolute atomic E-state index is 0.362. The third-order valence-corrected chi connectivity index (χ3v) is 4.11. The molecule has 1 N–H and O–H groups in total. The van der Waals surface area contributed by atoms with E-state index in [0.717, 1.165) is 0 Å². The Balaban J connectivity index is 2.23. The maximum atomic E-state index is 12.2. The molecule has 6 nitrogen and oxygen atoms in total. The van der Waals surface area contributed by atoms with Crippen molar-refractivity contribution in [3.05, 3.63) is 4.85 Å². The number of hydrogen-bond donors (Lipinski definition) is 1. The molecule has 2 atom stereocenters. The molecular formula is C14H23N4O2+. The number of nitrogens with one attached hydrogen (secondary N) is 1. The van der Waals surface area contributed by atoms with Gasteiger partial charge in [-0.1, -0.05) is 4.85 Å². The van der Waals surface area contributed by atoms with E-state index in [1.807, 2.05) is 27.8 Å². The molecule has 2 fully saturated rings. The van der Waals surface area contributed by atoms with Crippen LogP contribution >= 0.6 is 0 Å². The third kappa shape index (κ3) is 2.16. The third-order valence-electron chi connectivity index (χ3n) is 4.11. The highest BCUT2D eigenvalue weighted by Crippen LogP contribution is 2.46. The fourth-order valence-electron chi connectivity index (χ4n) is 3.30. The van der Waals surface area contributed by atoms with Crippen molar-refractivity contribution in [3.63, 3.8) is 0 Å². The lowest BCUT2D eigenvalue weighted by molar-refractivity contribution is 0.0271. The van der Waals surface area contributed by atoms with Gasteiger partial charge < -0.3 is 10.1 Å². The first kappa shape index (κ1) is 14.8. The summed E-state index contributed by atoms with van der Waals surface area (Å²) in [6.07, 6.45) is 1.04. The van der Waals surface area contributed by atoms with Crippen LogP contribution in [-0.2, 0) is 4.74 Å². The molecule has 110 valence electrons. The Kier molecular flexibility index (Phi) is 3.29. The molecule has 6 heteroatoms. The van der Waals surface area contributed by atoms with Crippen LogP contribution in [-0.4, -0.2) is 66.5 Å². The summed E-state index contributed by atoms with van der Waals surface area (Å²) in [7, 11) is 1.98. The molecule has 0 spiro atoms. The van der Waals surface area contributed by atoms with Gasteiger partial charge in [0.15, 0.2) is 0 Å². The lowest BCUT2D eigenvalue weighted by Gasteiger charge is -2.25. The zero-order chi connectivity index (χ0) is 15.2. The Morgan fingerprint density at radius 2 is 2.00 bits per heavy atom. The van der Waals surface area contributed by atoms with Gasteiger partial charge >= 0.3 is 11.6 Å². The van der Waals surface area contributed by atoms with Gasteiger partial charge in [-0.3, -0.25) is 9.80 Å². The topological polar surface area (TPSA) is 61.0 Å². The summed E-state index contributed by atoms with van der Waals surface area (Å²) in [5.41, 5.74) is -1.63. The number of carbonyl (C=O) groups is 1. The Morgan fingerprint density at radius 1 is 1.35 bits per heavy atom. The van der Waals surface area contributed by atoms with E-state index in [2.05, 4.69) is 9.74 Å². The number of fused-ring (bicyclic) bond motifs is 1. The van der Waals surface area contributed by atoms with Gasteiger partial charge in [-0.05, 0) is 27.8 Å². The number of ether oxygens (including phenoxy) is 1. The van der Waals surface area contributed by atoms with Gasteiger partial charge in [0.1, 0.15) is 17.6 Å². The molecular weight excluding hydrogens is 256 g/mol. The van der Waals surface area contributed by atoms with Crippen LogP contribution in [0.2, 0.25) is 0 Å². The van der Waals surface area contributed by atoms with Gasteiger partial charge in [0.25, 0.3) is 6.57 Å². The first-order valence-corrected chi connectivity index (χ1v) is 6.77. The van der Waals surface area contributed by atoms with Crippen LogP contribution in [0.25, 0.3) is 4.85 Å². The molecule has 2 saturated heterocycles. The van der Waals surface area contributed by atoms with Crippen molar-refractivity contribution in [1.29, 1.82) is 5.41 Å². The number of likely N-dealkylation sites (N-methyl/N-ethyl adjacent to an activating group) is 1. The molecule has 2 heterocycles. The zero-order valence-corrected chi connectivity index (χ0v) is 12.6. The Bertz CT molecular complexity index is 479. The van der Waals surface area contributed by atoms with Gasteiger partial charge in [-0.2, -0.15) is 0 Å². The average molecular weight is 279 g/mol. The van der Waals surface area contributed by atoms with Crippen molar-refractivity contribution >= 4 is 12.3 Å². The molecule has 0 saturated carbocycles. The van der Waals surface area contributed by atoms with Crippen LogP contribution in [0.1, 0.15) is 20.8 Å². The fraction of sp³-hybridized carbons (Fsp3) is 0.786. The second-order valence-corrected chi connectivity index (χ2v) is 6.97. The highest BCUT2D eigenvalue weighted by atomic mass is 16.6. The molecule has 2 aliphatic heterocycles. The Morgan fingerprint density at radius 3 is 2.45 bits per heavy atom. The minimum Gasteiger partial charge on any atom is -0.444 e. The molecule has 2 aliphatic rings. The summed E-state index contributed by atoms with van der Waals surface area (Å²) in [6.45, 7) is 13.3. The molecule has 0 aromatic carbocycles. The molecule has 20 heavy (non-hydrogen) atoms. The Hall–Kier alpha value is -1.61. The maximum Gasteiger partial charge on any atom is 0.410 e. The van der Waals surface area contributed by atoms with Crippen molar-refractivity contribution in [2.24, 2.45) is 5.41 Å². The summed E-state index contributed by atoms with van der Waals surface area (Å²) in [6, 6.07) is 0. The van der Waals surface area contributed by atoms with Crippen LogP contribution in [0.4, 0.5) is 4.79 Å². The standard InChI is InChI=1S/C14H23N4O2/c1-12(2,3)20-11(19)18-8-13(6-15)7-17(5)9-14(13,10-18)16-4/h4,6,15H,7-10H2,1-3,5H3/q+1/t13-,14-/m1/s1. The number of rotatable bonds is 1. The van der Waals surface area contributed by atoms with Crippen molar-refractivity contribution in [2.45, 2.75) is 31.9 Å². The minimum atomic E-state index is -0.597. The first-order chi connectivity index (χ1) is 9.17. The van der Waals surface area contributed by atoms with E-state index in [4.69, 9.17) is 16.7 Å². The SMILES string of the molecule is C#[N+][C@@]12CN(C)C[C@]1(C=N)CN(C(=O)OC(C)(C)C)C2. The van der Waals surface area contributed by atoms with Gasteiger partial charge in [0.05, 0.1) is 6.54 Å². The van der Waals surface area contributed by atoms with Gasteiger partial charge in [-0.25, -0.2) is 4.79 Å². The van der Waals surface area contributed by atoms with E-state index >= 15 is 0 Å². The predicted molar refractivity (Wildman–Crippen MR) is 77.6 cm³/mol. The second-order valence-electron chi connectivity index (χ2n) is 6.97. The van der Waals surface area contributed by atoms with Crippen molar-refractivity contribution in [1.82, 2.24) is 9.80 Å². The largest absolute Gasteiger partial charge is 0.444 e. The van der Waals surface area contributed by atoms with Crippen LogP contribution in [0.5, 0.6) is 0 Å². The summed E-state index contributed by atoms with van der Waals surface area (Å²) < 4.78 is 5.41.